The fourth-order valence-electron chi connectivity index (χ4n) is 1.58. The molecule has 0 heterocycles. The van der Waals surface area contributed by atoms with Crippen molar-refractivity contribution in [1.29, 1.82) is 0 Å². The minimum absolute atomic E-state index is 0.197. The minimum atomic E-state index is -2.24. The second kappa shape index (κ2) is 6.46. The van der Waals surface area contributed by atoms with Gasteiger partial charge in [0.2, 0.25) is 0 Å². The molecule has 1 unspecified atom stereocenters. The third-order valence-corrected chi connectivity index (χ3v) is 6.45. The van der Waals surface area contributed by atoms with Gasteiger partial charge >= 0.3 is 8.56 Å². The molecule has 0 amide bonds. The van der Waals surface area contributed by atoms with Crippen molar-refractivity contribution in [2.24, 2.45) is 0 Å². The Balaban J connectivity index is 4.83. The zero-order chi connectivity index (χ0) is 12.1. The van der Waals surface area contributed by atoms with Crippen LogP contribution in [0, 0.1) is 0 Å². The van der Waals surface area contributed by atoms with Gasteiger partial charge in [-0.05, 0) is 33.4 Å². The summed E-state index contributed by atoms with van der Waals surface area (Å²) in [6.07, 6.45) is 1.46. The summed E-state index contributed by atoms with van der Waals surface area (Å²) in [5.41, 5.74) is 2.38. The van der Waals surface area contributed by atoms with Gasteiger partial charge in [0.1, 0.15) is 0 Å². The highest BCUT2D eigenvalue weighted by Crippen LogP contribution is 2.30. The highest BCUT2D eigenvalue weighted by molar-refractivity contribution is 6.74. The normalized spacial score (nSPS) is 14.7. The first-order valence-electron chi connectivity index (χ1n) is 5.87. The summed E-state index contributed by atoms with van der Waals surface area (Å²) in [5.74, 6) is 0. The van der Waals surface area contributed by atoms with E-state index in [9.17, 15) is 0 Å². The molecule has 2 nitrogen and oxygen atoms in total. The second-order valence-corrected chi connectivity index (χ2v) is 7.88. The third kappa shape index (κ3) is 4.49. The Morgan fingerprint density at radius 2 is 1.47 bits per heavy atom. The lowest BCUT2D eigenvalue weighted by atomic mass is 10.4. The molecule has 3 heteroatoms. The molecule has 0 aliphatic heterocycles. The monoisotopic (exact) mass is 230 g/mol. The van der Waals surface area contributed by atoms with Crippen molar-refractivity contribution in [2.45, 2.75) is 65.7 Å². The van der Waals surface area contributed by atoms with Gasteiger partial charge in [0.15, 0.2) is 0 Å². The average Bonchev–Trinajstić information content (AvgIpc) is 2.13. The smallest absolute Gasteiger partial charge is 0.367 e. The first-order valence-corrected chi connectivity index (χ1v) is 7.84. The van der Waals surface area contributed by atoms with E-state index in [2.05, 4.69) is 48.1 Å². The van der Waals surface area contributed by atoms with E-state index in [1.165, 1.54) is 0 Å². The van der Waals surface area contributed by atoms with Crippen LogP contribution in [0.2, 0.25) is 5.54 Å². The summed E-state index contributed by atoms with van der Waals surface area (Å²) in [4.78, 5) is 0. The second-order valence-electron chi connectivity index (χ2n) is 4.57. The molecule has 0 aromatic heterocycles. The van der Waals surface area contributed by atoms with E-state index in [4.69, 9.17) is 8.85 Å². The Labute approximate surface area is 95.9 Å². The Bertz CT molecular complexity index is 180. The van der Waals surface area contributed by atoms with Crippen LogP contribution in [0.1, 0.15) is 48.0 Å². The van der Waals surface area contributed by atoms with Gasteiger partial charge in [-0.15, -0.1) is 6.58 Å². The van der Waals surface area contributed by atoms with E-state index >= 15 is 0 Å². The van der Waals surface area contributed by atoms with Crippen molar-refractivity contribution in [2.75, 3.05) is 0 Å². The van der Waals surface area contributed by atoms with Gasteiger partial charge < -0.3 is 8.85 Å². The van der Waals surface area contributed by atoms with Crippen molar-refractivity contribution in [3.63, 3.8) is 0 Å². The molecule has 0 aliphatic carbocycles. The van der Waals surface area contributed by atoms with Crippen LogP contribution in [0.5, 0.6) is 0 Å². The molecule has 90 valence electrons. The highest BCUT2D eigenvalue weighted by atomic mass is 28.4. The molecular formula is C12H26O2Si. The SMILES string of the molecule is C=C[Si](OC(C)C)(OC(C)C)C(C)CC. The molecule has 0 aromatic carbocycles. The predicted octanol–water partition coefficient (Wildman–Crippen LogP) is 3.80. The Morgan fingerprint density at radius 3 is 1.67 bits per heavy atom. The lowest BCUT2D eigenvalue weighted by Crippen LogP contribution is -2.47. The first kappa shape index (κ1) is 14.9. The lowest BCUT2D eigenvalue weighted by molar-refractivity contribution is 0.107. The van der Waals surface area contributed by atoms with Crippen molar-refractivity contribution < 1.29 is 8.85 Å². The predicted molar refractivity (Wildman–Crippen MR) is 68.1 cm³/mol. The highest BCUT2D eigenvalue weighted by Gasteiger charge is 2.41. The van der Waals surface area contributed by atoms with Gasteiger partial charge in [-0.1, -0.05) is 20.3 Å². The van der Waals surface area contributed by atoms with Crippen molar-refractivity contribution in [3.05, 3.63) is 12.3 Å². The molecular weight excluding hydrogens is 204 g/mol. The number of hydrogen-bond donors (Lipinski definition) is 0. The number of rotatable bonds is 7. The largest absolute Gasteiger partial charge is 0.389 e. The van der Waals surface area contributed by atoms with Gasteiger partial charge in [0.05, 0.1) is 0 Å². The molecule has 0 spiro atoms. The van der Waals surface area contributed by atoms with Crippen LogP contribution >= 0.6 is 0 Å². The summed E-state index contributed by atoms with van der Waals surface area (Å²) < 4.78 is 12.1. The topological polar surface area (TPSA) is 18.5 Å². The Morgan fingerprint density at radius 1 is 1.07 bits per heavy atom. The quantitative estimate of drug-likeness (QED) is 0.619. The fraction of sp³-hybridized carbons (Fsp3) is 0.833. The lowest BCUT2D eigenvalue weighted by Gasteiger charge is -2.35. The van der Waals surface area contributed by atoms with E-state index in [0.29, 0.717) is 5.54 Å². The van der Waals surface area contributed by atoms with Crippen molar-refractivity contribution >= 4 is 8.56 Å². The van der Waals surface area contributed by atoms with Gasteiger partial charge in [-0.25, -0.2) is 0 Å². The summed E-state index contributed by atoms with van der Waals surface area (Å²) in [6, 6.07) is 0. The summed E-state index contributed by atoms with van der Waals surface area (Å²) in [6.45, 7) is 16.5. The number of hydrogen-bond acceptors (Lipinski definition) is 2. The van der Waals surface area contributed by atoms with Crippen LogP contribution in [0.15, 0.2) is 12.3 Å². The van der Waals surface area contributed by atoms with Crippen LogP contribution in [-0.2, 0) is 8.85 Å². The van der Waals surface area contributed by atoms with Gasteiger partial charge in [0, 0.05) is 17.7 Å². The Hall–Kier alpha value is -0.123. The van der Waals surface area contributed by atoms with Crippen molar-refractivity contribution in [3.8, 4) is 0 Å². The molecule has 0 fully saturated rings. The van der Waals surface area contributed by atoms with Crippen LogP contribution in [-0.4, -0.2) is 20.8 Å². The molecule has 1 atom stereocenters. The molecule has 15 heavy (non-hydrogen) atoms. The van der Waals surface area contributed by atoms with E-state index in [1.54, 1.807) is 0 Å². The molecule has 0 saturated carbocycles. The standard InChI is InChI=1S/C12H26O2Si/c1-8-12(7)15(9-2,13-10(3)4)14-11(5)6/h9-12H,2,8H2,1,3-7H3. The van der Waals surface area contributed by atoms with Crippen molar-refractivity contribution in [1.82, 2.24) is 0 Å². The minimum Gasteiger partial charge on any atom is -0.389 e. The van der Waals surface area contributed by atoms with E-state index < -0.39 is 8.56 Å². The van der Waals surface area contributed by atoms with Crippen LogP contribution in [0.25, 0.3) is 0 Å². The van der Waals surface area contributed by atoms with Gasteiger partial charge in [0.25, 0.3) is 0 Å². The molecule has 0 aromatic rings. The molecule has 0 aliphatic rings. The molecule has 0 saturated heterocycles. The maximum atomic E-state index is 6.05. The zero-order valence-electron chi connectivity index (χ0n) is 11.0. The summed E-state index contributed by atoms with van der Waals surface area (Å²) in [7, 11) is -2.24. The Kier molecular flexibility index (Phi) is 6.40. The van der Waals surface area contributed by atoms with E-state index in [0.717, 1.165) is 6.42 Å². The zero-order valence-corrected chi connectivity index (χ0v) is 12.0. The summed E-state index contributed by atoms with van der Waals surface area (Å²) in [5, 5.41) is 0. The first-order chi connectivity index (χ1) is 6.88. The summed E-state index contributed by atoms with van der Waals surface area (Å²) >= 11 is 0. The van der Waals surface area contributed by atoms with Crippen LogP contribution in [0.4, 0.5) is 0 Å². The van der Waals surface area contributed by atoms with Crippen LogP contribution < -0.4 is 0 Å². The van der Waals surface area contributed by atoms with E-state index in [1.807, 2.05) is 5.70 Å². The molecule has 0 radical (unpaired) electrons. The average molecular weight is 230 g/mol. The van der Waals surface area contributed by atoms with Crippen LogP contribution in [0.3, 0.4) is 0 Å². The third-order valence-electron chi connectivity index (χ3n) is 2.42. The molecule has 0 N–H and O–H groups in total. The molecule has 0 bridgehead atoms. The molecule has 0 rings (SSSR count). The van der Waals surface area contributed by atoms with E-state index in [-0.39, 0.29) is 12.2 Å². The maximum absolute atomic E-state index is 6.05. The maximum Gasteiger partial charge on any atom is 0.367 e. The van der Waals surface area contributed by atoms with Gasteiger partial charge in [-0.2, -0.15) is 0 Å². The fourth-order valence-corrected chi connectivity index (χ4v) is 4.74. The van der Waals surface area contributed by atoms with Gasteiger partial charge in [-0.3, -0.25) is 0 Å².